The lowest BCUT2D eigenvalue weighted by molar-refractivity contribution is 1.09. The Morgan fingerprint density at radius 1 is 1.16 bits per heavy atom. The Morgan fingerprint density at radius 3 is 2.47 bits per heavy atom. The summed E-state index contributed by atoms with van der Waals surface area (Å²) in [6, 6.07) is 8.81. The highest BCUT2D eigenvalue weighted by molar-refractivity contribution is 6.30. The second-order valence-electron chi connectivity index (χ2n) is 3.97. The number of aryl methyl sites for hydroxylation is 1. The summed E-state index contributed by atoms with van der Waals surface area (Å²) >= 11 is 5.80. The summed E-state index contributed by atoms with van der Waals surface area (Å²) in [5, 5.41) is 8.93. The van der Waals surface area contributed by atoms with Crippen molar-refractivity contribution in [2.75, 3.05) is 11.5 Å². The Hall–Kier alpha value is -2.14. The third-order valence-electron chi connectivity index (χ3n) is 2.59. The van der Waals surface area contributed by atoms with Crippen molar-refractivity contribution in [3.8, 4) is 0 Å². The number of hydrogen-bond donors (Lipinski definition) is 2. The lowest BCUT2D eigenvalue weighted by Gasteiger charge is -2.06. The van der Waals surface area contributed by atoms with Crippen LogP contribution in [-0.2, 0) is 6.42 Å². The van der Waals surface area contributed by atoms with E-state index < -0.39 is 0 Å². The number of pyridine rings is 1. The van der Waals surface area contributed by atoms with Gasteiger partial charge in [0.05, 0.1) is 5.69 Å². The SMILES string of the molecule is CCc1cc(N)nc(N)c1N=Nc1ccc(Cl)cc1. The monoisotopic (exact) mass is 275 g/mol. The highest BCUT2D eigenvalue weighted by Crippen LogP contribution is 2.29. The van der Waals surface area contributed by atoms with Crippen LogP contribution in [0.15, 0.2) is 40.6 Å². The average Bonchev–Trinajstić information content (AvgIpc) is 2.39. The van der Waals surface area contributed by atoms with Gasteiger partial charge in [-0.05, 0) is 42.3 Å². The molecule has 4 N–H and O–H groups in total. The van der Waals surface area contributed by atoms with Gasteiger partial charge in [-0.15, -0.1) is 5.11 Å². The van der Waals surface area contributed by atoms with E-state index in [0.717, 1.165) is 12.0 Å². The standard InChI is InChI=1S/C13H14ClN5/c1-2-8-7-11(15)17-13(16)12(8)19-18-10-5-3-9(14)4-6-10/h3-7H,2H2,1H3,(H4,15,16,17). The van der Waals surface area contributed by atoms with E-state index in [0.29, 0.717) is 22.2 Å². The van der Waals surface area contributed by atoms with Gasteiger partial charge in [-0.3, -0.25) is 0 Å². The summed E-state index contributed by atoms with van der Waals surface area (Å²) in [5.74, 6) is 0.675. The van der Waals surface area contributed by atoms with E-state index in [1.165, 1.54) is 0 Å². The zero-order chi connectivity index (χ0) is 13.8. The van der Waals surface area contributed by atoms with E-state index in [2.05, 4.69) is 15.2 Å². The van der Waals surface area contributed by atoms with Gasteiger partial charge in [-0.2, -0.15) is 5.11 Å². The van der Waals surface area contributed by atoms with Crippen LogP contribution < -0.4 is 11.5 Å². The van der Waals surface area contributed by atoms with Crippen LogP contribution in [0, 0.1) is 0 Å². The first-order chi connectivity index (χ1) is 9.10. The zero-order valence-corrected chi connectivity index (χ0v) is 11.2. The highest BCUT2D eigenvalue weighted by Gasteiger charge is 2.07. The minimum atomic E-state index is 0.287. The Labute approximate surface area is 116 Å². The van der Waals surface area contributed by atoms with Crippen molar-refractivity contribution in [3.63, 3.8) is 0 Å². The molecule has 0 atom stereocenters. The van der Waals surface area contributed by atoms with Crippen molar-refractivity contribution in [1.29, 1.82) is 0 Å². The lowest BCUT2D eigenvalue weighted by atomic mass is 10.1. The summed E-state index contributed by atoms with van der Waals surface area (Å²) in [7, 11) is 0. The number of hydrogen-bond acceptors (Lipinski definition) is 5. The molecule has 0 aliphatic carbocycles. The van der Waals surface area contributed by atoms with E-state index in [-0.39, 0.29) is 5.82 Å². The third-order valence-corrected chi connectivity index (χ3v) is 2.84. The summed E-state index contributed by atoms with van der Waals surface area (Å²) < 4.78 is 0. The number of nitrogens with two attached hydrogens (primary N) is 2. The van der Waals surface area contributed by atoms with Crippen molar-refractivity contribution < 1.29 is 0 Å². The second kappa shape index (κ2) is 5.67. The van der Waals surface area contributed by atoms with Gasteiger partial charge in [0.2, 0.25) is 0 Å². The first-order valence-corrected chi connectivity index (χ1v) is 6.20. The topological polar surface area (TPSA) is 89.6 Å². The molecule has 0 saturated carbocycles. The number of azo groups is 1. The maximum absolute atomic E-state index is 5.82. The van der Waals surface area contributed by atoms with Crippen LogP contribution in [0.5, 0.6) is 0 Å². The molecule has 0 spiro atoms. The summed E-state index contributed by atoms with van der Waals surface area (Å²) in [6.07, 6.45) is 0.756. The molecule has 19 heavy (non-hydrogen) atoms. The zero-order valence-electron chi connectivity index (χ0n) is 10.5. The van der Waals surface area contributed by atoms with Gasteiger partial charge in [0, 0.05) is 5.02 Å². The normalized spacial score (nSPS) is 11.1. The predicted octanol–water partition coefficient (Wildman–Crippen LogP) is 3.88. The molecule has 0 unspecified atom stereocenters. The quantitative estimate of drug-likeness (QED) is 0.833. The molecule has 1 aromatic carbocycles. The number of benzene rings is 1. The van der Waals surface area contributed by atoms with Crippen molar-refractivity contribution in [2.24, 2.45) is 10.2 Å². The van der Waals surface area contributed by atoms with Gasteiger partial charge in [-0.1, -0.05) is 18.5 Å². The van der Waals surface area contributed by atoms with Gasteiger partial charge < -0.3 is 11.5 Å². The summed E-state index contributed by atoms with van der Waals surface area (Å²) in [6.45, 7) is 2.00. The number of aromatic nitrogens is 1. The van der Waals surface area contributed by atoms with Crippen LogP contribution in [0.25, 0.3) is 0 Å². The fourth-order valence-corrected chi connectivity index (χ4v) is 1.76. The molecule has 0 aliphatic heterocycles. The molecule has 98 valence electrons. The number of nitrogens with zero attached hydrogens (tertiary/aromatic N) is 3. The van der Waals surface area contributed by atoms with Crippen molar-refractivity contribution >= 4 is 34.6 Å². The molecule has 1 aromatic heterocycles. The van der Waals surface area contributed by atoms with Gasteiger partial charge in [0.25, 0.3) is 0 Å². The number of nitrogen functional groups attached to an aromatic ring is 2. The lowest BCUT2D eigenvalue weighted by Crippen LogP contribution is -1.99. The molecule has 0 fully saturated rings. The van der Waals surface area contributed by atoms with Gasteiger partial charge in [0.15, 0.2) is 5.82 Å². The van der Waals surface area contributed by atoms with Crippen LogP contribution in [0.2, 0.25) is 5.02 Å². The second-order valence-corrected chi connectivity index (χ2v) is 4.41. The first kappa shape index (κ1) is 13.3. The van der Waals surface area contributed by atoms with Crippen LogP contribution in [0.1, 0.15) is 12.5 Å². The molecule has 0 saturated heterocycles. The molecule has 0 amide bonds. The predicted molar refractivity (Wildman–Crippen MR) is 78.1 cm³/mol. The van der Waals surface area contributed by atoms with E-state index in [4.69, 9.17) is 23.1 Å². The number of anilines is 2. The maximum atomic E-state index is 5.82. The van der Waals surface area contributed by atoms with E-state index in [1.807, 2.05) is 6.92 Å². The van der Waals surface area contributed by atoms with Crippen LogP contribution in [0.3, 0.4) is 0 Å². The Morgan fingerprint density at radius 2 is 1.84 bits per heavy atom. The fraction of sp³-hybridized carbons (Fsp3) is 0.154. The molecular formula is C13H14ClN5. The Kier molecular flexibility index (Phi) is 3.97. The van der Waals surface area contributed by atoms with Crippen LogP contribution in [-0.4, -0.2) is 4.98 Å². The third kappa shape index (κ3) is 3.20. The van der Waals surface area contributed by atoms with Gasteiger partial charge >= 0.3 is 0 Å². The Bertz CT molecular complexity index is 607. The average molecular weight is 276 g/mol. The smallest absolute Gasteiger partial charge is 0.153 e. The van der Waals surface area contributed by atoms with E-state index in [1.54, 1.807) is 30.3 Å². The van der Waals surface area contributed by atoms with Crippen molar-refractivity contribution in [3.05, 3.63) is 40.9 Å². The van der Waals surface area contributed by atoms with Gasteiger partial charge in [-0.25, -0.2) is 4.98 Å². The molecule has 1 heterocycles. The molecule has 5 nitrogen and oxygen atoms in total. The fourth-order valence-electron chi connectivity index (χ4n) is 1.64. The van der Waals surface area contributed by atoms with Crippen LogP contribution in [0.4, 0.5) is 23.0 Å². The van der Waals surface area contributed by atoms with E-state index >= 15 is 0 Å². The van der Waals surface area contributed by atoms with Crippen LogP contribution >= 0.6 is 11.6 Å². The highest BCUT2D eigenvalue weighted by atomic mass is 35.5. The minimum absolute atomic E-state index is 0.287. The first-order valence-electron chi connectivity index (χ1n) is 5.82. The Balaban J connectivity index is 2.35. The number of halogens is 1. The number of rotatable bonds is 3. The largest absolute Gasteiger partial charge is 0.384 e. The molecule has 2 rings (SSSR count). The summed E-state index contributed by atoms with van der Waals surface area (Å²) in [4.78, 5) is 3.99. The molecule has 2 aromatic rings. The summed E-state index contributed by atoms with van der Waals surface area (Å²) in [5.41, 5.74) is 13.6. The van der Waals surface area contributed by atoms with Gasteiger partial charge in [0.1, 0.15) is 11.5 Å². The minimum Gasteiger partial charge on any atom is -0.384 e. The molecule has 0 aliphatic rings. The molecular weight excluding hydrogens is 262 g/mol. The van der Waals surface area contributed by atoms with Crippen molar-refractivity contribution in [2.45, 2.75) is 13.3 Å². The van der Waals surface area contributed by atoms with E-state index in [9.17, 15) is 0 Å². The molecule has 0 bridgehead atoms. The van der Waals surface area contributed by atoms with Crippen molar-refractivity contribution in [1.82, 2.24) is 4.98 Å². The molecule has 0 radical (unpaired) electrons. The molecule has 6 heteroatoms. The maximum Gasteiger partial charge on any atom is 0.153 e.